The summed E-state index contributed by atoms with van der Waals surface area (Å²) >= 11 is 1.68. The van der Waals surface area contributed by atoms with Crippen LogP contribution in [0.4, 0.5) is 0 Å². The van der Waals surface area contributed by atoms with Crippen LogP contribution in [0.2, 0.25) is 0 Å². The largest absolute Gasteiger partial charge is 0.496 e. The van der Waals surface area contributed by atoms with Crippen molar-refractivity contribution in [1.82, 2.24) is 4.98 Å². The zero-order chi connectivity index (χ0) is 12.1. The molecule has 0 aliphatic carbocycles. The maximum atomic E-state index is 5.50. The van der Waals surface area contributed by atoms with E-state index in [1.54, 1.807) is 18.4 Å². The summed E-state index contributed by atoms with van der Waals surface area (Å²) in [6.07, 6.45) is 1.94. The van der Waals surface area contributed by atoms with E-state index in [0.29, 0.717) is 6.54 Å². The number of rotatable bonds is 5. The number of nitrogens with zero attached hydrogens (tertiary/aromatic N) is 1. The van der Waals surface area contributed by atoms with Gasteiger partial charge in [0.15, 0.2) is 0 Å². The number of ether oxygens (including phenoxy) is 1. The summed E-state index contributed by atoms with van der Waals surface area (Å²) in [5, 5.41) is 3.21. The molecule has 1 aromatic carbocycles. The Bertz CT molecular complexity index is 482. The Morgan fingerprint density at radius 3 is 2.94 bits per heavy atom. The minimum atomic E-state index is 0.712. The van der Waals surface area contributed by atoms with E-state index < -0.39 is 0 Å². The number of hydrogen-bond acceptors (Lipinski definition) is 4. The van der Waals surface area contributed by atoms with Gasteiger partial charge in [0.1, 0.15) is 5.75 Å². The standard InChI is InChI=1S/C13H16N2OS/c1-16-12-6-3-2-5-10(12)11-9-17-13(15-11)7-4-8-14/h2-3,5-6,9H,4,7-8,14H2,1H3. The Balaban J connectivity index is 2.24. The Labute approximate surface area is 105 Å². The quantitative estimate of drug-likeness (QED) is 0.885. The van der Waals surface area contributed by atoms with Crippen LogP contribution in [0.3, 0.4) is 0 Å². The van der Waals surface area contributed by atoms with Gasteiger partial charge in [0, 0.05) is 17.4 Å². The summed E-state index contributed by atoms with van der Waals surface area (Å²) in [4.78, 5) is 4.61. The van der Waals surface area contributed by atoms with Gasteiger partial charge in [-0.25, -0.2) is 4.98 Å². The van der Waals surface area contributed by atoms with Gasteiger partial charge in [0.05, 0.1) is 17.8 Å². The molecule has 90 valence electrons. The van der Waals surface area contributed by atoms with Gasteiger partial charge in [0.2, 0.25) is 0 Å². The van der Waals surface area contributed by atoms with E-state index in [2.05, 4.69) is 10.4 Å². The van der Waals surface area contributed by atoms with Crippen LogP contribution >= 0.6 is 11.3 Å². The van der Waals surface area contributed by atoms with Gasteiger partial charge in [-0.1, -0.05) is 12.1 Å². The van der Waals surface area contributed by atoms with E-state index in [4.69, 9.17) is 10.5 Å². The van der Waals surface area contributed by atoms with Crippen molar-refractivity contribution in [3.8, 4) is 17.0 Å². The first-order chi connectivity index (χ1) is 8.35. The van der Waals surface area contributed by atoms with E-state index in [9.17, 15) is 0 Å². The number of aryl methyl sites for hydroxylation is 1. The molecule has 0 amide bonds. The van der Waals surface area contributed by atoms with E-state index in [1.807, 2.05) is 24.3 Å². The normalized spacial score (nSPS) is 10.5. The van der Waals surface area contributed by atoms with Crippen molar-refractivity contribution >= 4 is 11.3 Å². The summed E-state index contributed by atoms with van der Waals surface area (Å²) in [6.45, 7) is 0.712. The van der Waals surface area contributed by atoms with E-state index >= 15 is 0 Å². The molecule has 2 N–H and O–H groups in total. The van der Waals surface area contributed by atoms with Gasteiger partial charge in [0.25, 0.3) is 0 Å². The first-order valence-electron chi connectivity index (χ1n) is 5.63. The van der Waals surface area contributed by atoms with Crippen LogP contribution in [0.25, 0.3) is 11.3 Å². The predicted molar refractivity (Wildman–Crippen MR) is 71.5 cm³/mol. The van der Waals surface area contributed by atoms with Gasteiger partial charge in [-0.05, 0) is 25.1 Å². The lowest BCUT2D eigenvalue weighted by Crippen LogP contribution is -1.99. The molecule has 0 aliphatic heterocycles. The van der Waals surface area contributed by atoms with Crippen LogP contribution in [0, 0.1) is 0 Å². The summed E-state index contributed by atoms with van der Waals surface area (Å²) < 4.78 is 5.33. The molecule has 0 saturated heterocycles. The first-order valence-corrected chi connectivity index (χ1v) is 6.51. The molecule has 1 aromatic heterocycles. The number of para-hydroxylation sites is 1. The molecule has 0 spiro atoms. The lowest BCUT2D eigenvalue weighted by molar-refractivity contribution is 0.416. The molecule has 1 heterocycles. The molecule has 2 aromatic rings. The van der Waals surface area contributed by atoms with Gasteiger partial charge < -0.3 is 10.5 Å². The Hall–Kier alpha value is -1.39. The van der Waals surface area contributed by atoms with Crippen LogP contribution in [0.1, 0.15) is 11.4 Å². The summed E-state index contributed by atoms with van der Waals surface area (Å²) in [6, 6.07) is 7.94. The van der Waals surface area contributed by atoms with Crippen molar-refractivity contribution in [2.24, 2.45) is 5.73 Å². The highest BCUT2D eigenvalue weighted by atomic mass is 32.1. The zero-order valence-corrected chi connectivity index (χ0v) is 10.7. The fourth-order valence-corrected chi connectivity index (χ4v) is 2.50. The molecule has 0 saturated carbocycles. The first kappa shape index (κ1) is 12.1. The van der Waals surface area contributed by atoms with Gasteiger partial charge in [-0.2, -0.15) is 0 Å². The third-order valence-electron chi connectivity index (χ3n) is 2.53. The maximum absolute atomic E-state index is 5.50. The Morgan fingerprint density at radius 2 is 2.18 bits per heavy atom. The molecule has 0 radical (unpaired) electrons. The van der Waals surface area contributed by atoms with E-state index in [-0.39, 0.29) is 0 Å². The van der Waals surface area contributed by atoms with Crippen molar-refractivity contribution in [1.29, 1.82) is 0 Å². The minimum absolute atomic E-state index is 0.712. The Morgan fingerprint density at radius 1 is 1.35 bits per heavy atom. The fourth-order valence-electron chi connectivity index (χ4n) is 1.66. The lowest BCUT2D eigenvalue weighted by atomic mass is 10.1. The zero-order valence-electron chi connectivity index (χ0n) is 9.85. The molecular formula is C13H16N2OS. The van der Waals surface area contributed by atoms with Crippen molar-refractivity contribution in [2.75, 3.05) is 13.7 Å². The van der Waals surface area contributed by atoms with Crippen molar-refractivity contribution in [3.05, 3.63) is 34.7 Å². The van der Waals surface area contributed by atoms with Crippen molar-refractivity contribution < 1.29 is 4.74 Å². The number of thiazole rings is 1. The van der Waals surface area contributed by atoms with Crippen LogP contribution in [-0.4, -0.2) is 18.6 Å². The smallest absolute Gasteiger partial charge is 0.128 e. The number of aromatic nitrogens is 1. The Kier molecular flexibility index (Phi) is 4.12. The molecule has 4 heteroatoms. The highest BCUT2D eigenvalue weighted by Crippen LogP contribution is 2.30. The van der Waals surface area contributed by atoms with Gasteiger partial charge in [-0.3, -0.25) is 0 Å². The van der Waals surface area contributed by atoms with Crippen LogP contribution in [0.5, 0.6) is 5.75 Å². The van der Waals surface area contributed by atoms with Gasteiger partial charge in [-0.15, -0.1) is 11.3 Å². The number of nitrogens with two attached hydrogens (primary N) is 1. The second-order valence-electron chi connectivity index (χ2n) is 3.72. The van der Waals surface area contributed by atoms with E-state index in [1.165, 1.54) is 0 Å². The van der Waals surface area contributed by atoms with Crippen LogP contribution in [-0.2, 0) is 6.42 Å². The molecule has 0 fully saturated rings. The second kappa shape index (κ2) is 5.80. The minimum Gasteiger partial charge on any atom is -0.496 e. The van der Waals surface area contributed by atoms with Gasteiger partial charge >= 0.3 is 0 Å². The summed E-state index contributed by atoms with van der Waals surface area (Å²) in [5.41, 5.74) is 7.53. The molecule has 0 aliphatic rings. The predicted octanol–water partition coefficient (Wildman–Crippen LogP) is 2.71. The van der Waals surface area contributed by atoms with Crippen molar-refractivity contribution in [3.63, 3.8) is 0 Å². The number of hydrogen-bond donors (Lipinski definition) is 1. The molecule has 0 atom stereocenters. The maximum Gasteiger partial charge on any atom is 0.128 e. The molecule has 0 bridgehead atoms. The molecular weight excluding hydrogens is 232 g/mol. The molecule has 0 unspecified atom stereocenters. The lowest BCUT2D eigenvalue weighted by Gasteiger charge is -2.04. The number of benzene rings is 1. The van der Waals surface area contributed by atoms with Crippen LogP contribution in [0.15, 0.2) is 29.6 Å². The summed E-state index contributed by atoms with van der Waals surface area (Å²) in [5.74, 6) is 0.864. The fraction of sp³-hybridized carbons (Fsp3) is 0.308. The van der Waals surface area contributed by atoms with Crippen LogP contribution < -0.4 is 10.5 Å². The second-order valence-corrected chi connectivity index (χ2v) is 4.66. The molecule has 3 nitrogen and oxygen atoms in total. The number of methoxy groups -OCH3 is 1. The average Bonchev–Trinajstić information content (AvgIpc) is 2.85. The average molecular weight is 248 g/mol. The topological polar surface area (TPSA) is 48.1 Å². The highest BCUT2D eigenvalue weighted by molar-refractivity contribution is 7.09. The third kappa shape index (κ3) is 2.84. The SMILES string of the molecule is COc1ccccc1-c1csc(CCCN)n1. The summed E-state index contributed by atoms with van der Waals surface area (Å²) in [7, 11) is 1.68. The monoisotopic (exact) mass is 248 g/mol. The van der Waals surface area contributed by atoms with E-state index in [0.717, 1.165) is 34.9 Å². The molecule has 2 rings (SSSR count). The van der Waals surface area contributed by atoms with Crippen molar-refractivity contribution in [2.45, 2.75) is 12.8 Å². The third-order valence-corrected chi connectivity index (χ3v) is 3.44. The molecule has 17 heavy (non-hydrogen) atoms. The highest BCUT2D eigenvalue weighted by Gasteiger charge is 2.08.